The molecule has 0 saturated heterocycles. The van der Waals surface area contributed by atoms with E-state index >= 15 is 0 Å². The standard InChI is InChI=1S/C19H23F5N2O3/c20-13-2-1-3-14(21)17(13)29-15-5-4-10(19(22,23)24)8-12(15)18(28)26-11-6-7-25-16(27)9-11/h6-7,9-10,12-15,17H,1-5,8H2,(H2,25,26,27,28). The van der Waals surface area contributed by atoms with Crippen LogP contribution < -0.4 is 10.9 Å². The SMILES string of the molecule is O=C(Nc1cc[nH]c(=O)c1)C1CC(C(F)(F)F)CCC1OC1C(F)CCCC1F. The van der Waals surface area contributed by atoms with Gasteiger partial charge in [-0.25, -0.2) is 8.78 Å². The minimum Gasteiger partial charge on any atom is -0.368 e. The van der Waals surface area contributed by atoms with Crippen molar-refractivity contribution in [2.24, 2.45) is 11.8 Å². The van der Waals surface area contributed by atoms with E-state index in [1.54, 1.807) is 0 Å². The average molecular weight is 422 g/mol. The average Bonchev–Trinajstić information content (AvgIpc) is 2.64. The molecule has 3 rings (SSSR count). The van der Waals surface area contributed by atoms with E-state index in [1.165, 1.54) is 12.3 Å². The van der Waals surface area contributed by atoms with Crippen LogP contribution in [0, 0.1) is 11.8 Å². The van der Waals surface area contributed by atoms with E-state index < -0.39 is 60.5 Å². The first-order chi connectivity index (χ1) is 13.6. The molecule has 5 unspecified atom stereocenters. The molecule has 2 saturated carbocycles. The summed E-state index contributed by atoms with van der Waals surface area (Å²) in [6.45, 7) is 0. The Kier molecular flexibility index (Phi) is 6.60. The number of pyridine rings is 1. The number of hydrogen-bond acceptors (Lipinski definition) is 3. The number of H-pyrrole nitrogens is 1. The Hall–Kier alpha value is -1.97. The highest BCUT2D eigenvalue weighted by molar-refractivity contribution is 5.92. The van der Waals surface area contributed by atoms with Gasteiger partial charge in [-0.3, -0.25) is 9.59 Å². The molecule has 0 bridgehead atoms. The number of aromatic nitrogens is 1. The van der Waals surface area contributed by atoms with Crippen LogP contribution in [-0.2, 0) is 9.53 Å². The van der Waals surface area contributed by atoms with Gasteiger partial charge >= 0.3 is 6.18 Å². The molecule has 0 aliphatic heterocycles. The van der Waals surface area contributed by atoms with E-state index in [9.17, 15) is 31.5 Å². The lowest BCUT2D eigenvalue weighted by atomic mass is 9.78. The minimum absolute atomic E-state index is 0.118. The van der Waals surface area contributed by atoms with Crippen molar-refractivity contribution in [3.63, 3.8) is 0 Å². The van der Waals surface area contributed by atoms with Gasteiger partial charge in [-0.15, -0.1) is 0 Å². The summed E-state index contributed by atoms with van der Waals surface area (Å²) in [5.74, 6) is -3.71. The van der Waals surface area contributed by atoms with Crippen LogP contribution in [0.1, 0.15) is 38.5 Å². The van der Waals surface area contributed by atoms with Crippen molar-refractivity contribution < 1.29 is 31.5 Å². The molecule has 2 aliphatic carbocycles. The second-order valence-electron chi connectivity index (χ2n) is 7.69. The van der Waals surface area contributed by atoms with Gasteiger partial charge in [-0.05, 0) is 44.6 Å². The lowest BCUT2D eigenvalue weighted by molar-refractivity contribution is -0.202. The molecule has 2 N–H and O–H groups in total. The number of rotatable bonds is 4. The fourth-order valence-corrected chi connectivity index (χ4v) is 4.07. The van der Waals surface area contributed by atoms with Crippen LogP contribution in [0.5, 0.6) is 0 Å². The molecule has 1 aromatic rings. The molecular weight excluding hydrogens is 399 g/mol. The molecule has 1 amide bonds. The normalized spacial score (nSPS) is 33.3. The van der Waals surface area contributed by atoms with Gasteiger partial charge in [-0.2, -0.15) is 13.2 Å². The van der Waals surface area contributed by atoms with E-state index in [2.05, 4.69) is 10.3 Å². The summed E-state index contributed by atoms with van der Waals surface area (Å²) >= 11 is 0. The molecule has 1 aromatic heterocycles. The van der Waals surface area contributed by atoms with Crippen LogP contribution in [0.2, 0.25) is 0 Å². The molecule has 0 aromatic carbocycles. The number of halogens is 5. The summed E-state index contributed by atoms with van der Waals surface area (Å²) in [4.78, 5) is 26.4. The number of ether oxygens (including phenoxy) is 1. The van der Waals surface area contributed by atoms with Crippen LogP contribution in [-0.4, -0.2) is 41.6 Å². The van der Waals surface area contributed by atoms with Gasteiger partial charge in [-0.1, -0.05) is 0 Å². The van der Waals surface area contributed by atoms with Gasteiger partial charge in [0.1, 0.15) is 18.4 Å². The van der Waals surface area contributed by atoms with Gasteiger partial charge in [0.2, 0.25) is 11.5 Å². The summed E-state index contributed by atoms with van der Waals surface area (Å²) in [6, 6.07) is 2.48. The van der Waals surface area contributed by atoms with Crippen LogP contribution >= 0.6 is 0 Å². The van der Waals surface area contributed by atoms with Gasteiger partial charge in [0, 0.05) is 18.0 Å². The Labute approximate surface area is 164 Å². The fraction of sp³-hybridized carbons (Fsp3) is 0.684. The van der Waals surface area contributed by atoms with Crippen molar-refractivity contribution in [2.45, 2.75) is 69.3 Å². The molecule has 0 radical (unpaired) electrons. The van der Waals surface area contributed by atoms with Gasteiger partial charge in [0.15, 0.2) is 0 Å². The van der Waals surface area contributed by atoms with E-state index in [1.807, 2.05) is 0 Å². The summed E-state index contributed by atoms with van der Waals surface area (Å²) in [5, 5.41) is 2.42. The van der Waals surface area contributed by atoms with Crippen molar-refractivity contribution in [2.75, 3.05) is 5.32 Å². The predicted molar refractivity (Wildman–Crippen MR) is 94.9 cm³/mol. The third kappa shape index (κ3) is 5.34. The predicted octanol–water partition coefficient (Wildman–Crippen LogP) is 3.91. The maximum atomic E-state index is 14.2. The van der Waals surface area contributed by atoms with Crippen molar-refractivity contribution in [3.8, 4) is 0 Å². The number of alkyl halides is 5. The number of aromatic amines is 1. The zero-order valence-electron chi connectivity index (χ0n) is 15.6. The first-order valence-electron chi connectivity index (χ1n) is 9.65. The van der Waals surface area contributed by atoms with E-state index in [4.69, 9.17) is 4.74 Å². The molecule has 5 atom stereocenters. The van der Waals surface area contributed by atoms with E-state index in [0.717, 1.165) is 6.07 Å². The molecule has 1 heterocycles. The molecule has 0 spiro atoms. The van der Waals surface area contributed by atoms with E-state index in [0.29, 0.717) is 6.42 Å². The highest BCUT2D eigenvalue weighted by Gasteiger charge is 2.49. The number of nitrogens with one attached hydrogen (secondary N) is 2. The second-order valence-corrected chi connectivity index (χ2v) is 7.69. The van der Waals surface area contributed by atoms with Crippen LogP contribution in [0.25, 0.3) is 0 Å². The zero-order valence-corrected chi connectivity index (χ0v) is 15.6. The zero-order chi connectivity index (χ0) is 21.2. The molecule has 162 valence electrons. The van der Waals surface area contributed by atoms with E-state index in [-0.39, 0.29) is 31.4 Å². The van der Waals surface area contributed by atoms with Crippen molar-refractivity contribution in [3.05, 3.63) is 28.7 Å². The lowest BCUT2D eigenvalue weighted by Gasteiger charge is -2.39. The molecule has 10 heteroatoms. The topological polar surface area (TPSA) is 71.2 Å². The molecular formula is C19H23F5N2O3. The molecule has 29 heavy (non-hydrogen) atoms. The Morgan fingerprint density at radius 2 is 1.83 bits per heavy atom. The third-order valence-electron chi connectivity index (χ3n) is 5.63. The Morgan fingerprint density at radius 3 is 2.45 bits per heavy atom. The number of carbonyl (C=O) groups is 1. The lowest BCUT2D eigenvalue weighted by Crippen LogP contribution is -2.48. The highest BCUT2D eigenvalue weighted by atomic mass is 19.4. The molecule has 2 aliphatic rings. The Balaban J connectivity index is 1.77. The van der Waals surface area contributed by atoms with Crippen LogP contribution in [0.4, 0.5) is 27.6 Å². The smallest absolute Gasteiger partial charge is 0.368 e. The maximum Gasteiger partial charge on any atom is 0.391 e. The molecule has 2 fully saturated rings. The second kappa shape index (κ2) is 8.81. The maximum absolute atomic E-state index is 14.2. The number of amides is 1. The summed E-state index contributed by atoms with van der Waals surface area (Å²) in [7, 11) is 0. The Morgan fingerprint density at radius 1 is 1.14 bits per heavy atom. The summed E-state index contributed by atoms with van der Waals surface area (Å²) in [6.07, 6.45) is -9.07. The number of hydrogen-bond donors (Lipinski definition) is 2. The first-order valence-corrected chi connectivity index (χ1v) is 9.65. The quantitative estimate of drug-likeness (QED) is 0.723. The minimum atomic E-state index is -4.48. The largest absolute Gasteiger partial charge is 0.391 e. The summed E-state index contributed by atoms with van der Waals surface area (Å²) < 4.78 is 73.6. The highest BCUT2D eigenvalue weighted by Crippen LogP contribution is 2.42. The first kappa shape index (κ1) is 21.7. The molecule has 5 nitrogen and oxygen atoms in total. The van der Waals surface area contributed by atoms with Crippen LogP contribution in [0.15, 0.2) is 23.1 Å². The Bertz CT molecular complexity index is 759. The monoisotopic (exact) mass is 422 g/mol. The van der Waals surface area contributed by atoms with Gasteiger partial charge in [0.25, 0.3) is 0 Å². The fourth-order valence-electron chi connectivity index (χ4n) is 4.07. The summed E-state index contributed by atoms with van der Waals surface area (Å²) in [5.41, 5.74) is -0.369. The third-order valence-corrected chi connectivity index (χ3v) is 5.63. The van der Waals surface area contributed by atoms with Gasteiger partial charge in [0.05, 0.1) is 17.9 Å². The van der Waals surface area contributed by atoms with Crippen molar-refractivity contribution >= 4 is 11.6 Å². The number of carbonyl (C=O) groups excluding carboxylic acids is 1. The van der Waals surface area contributed by atoms with Crippen molar-refractivity contribution in [1.29, 1.82) is 0 Å². The van der Waals surface area contributed by atoms with Crippen molar-refractivity contribution in [1.82, 2.24) is 4.98 Å². The van der Waals surface area contributed by atoms with Gasteiger partial charge < -0.3 is 15.0 Å². The van der Waals surface area contributed by atoms with Crippen LogP contribution in [0.3, 0.4) is 0 Å². The number of anilines is 1.